The molecule has 19 heavy (non-hydrogen) atoms. The van der Waals surface area contributed by atoms with E-state index >= 15 is 0 Å². The Labute approximate surface area is 108 Å². The Morgan fingerprint density at radius 3 is 2.63 bits per heavy atom. The van der Waals surface area contributed by atoms with Crippen LogP contribution in [0.4, 0.5) is 10.2 Å². The quantitative estimate of drug-likeness (QED) is 0.861. The van der Waals surface area contributed by atoms with Crippen LogP contribution in [-0.4, -0.2) is 14.3 Å². The van der Waals surface area contributed by atoms with Crippen LogP contribution >= 0.6 is 0 Å². The van der Waals surface area contributed by atoms with Crippen LogP contribution in [0.2, 0.25) is 0 Å². The number of benzene rings is 1. The number of aryl methyl sites for hydroxylation is 1. The summed E-state index contributed by atoms with van der Waals surface area (Å²) in [4.78, 5) is 23.2. The lowest BCUT2D eigenvalue weighted by Crippen LogP contribution is -2.39. The number of nitrogens with one attached hydrogen (secondary N) is 1. The van der Waals surface area contributed by atoms with Gasteiger partial charge >= 0.3 is 5.69 Å². The van der Waals surface area contributed by atoms with Crippen molar-refractivity contribution in [2.45, 2.75) is 6.54 Å². The zero-order valence-electron chi connectivity index (χ0n) is 10.6. The fraction of sp³-hybridized carbons (Fsp3) is 0.250. The number of halogens is 1. The van der Waals surface area contributed by atoms with Gasteiger partial charge in [0.05, 0.1) is 0 Å². The summed E-state index contributed by atoms with van der Waals surface area (Å²) in [7, 11) is 2.80. The normalized spacial score (nSPS) is 10.5. The van der Waals surface area contributed by atoms with E-state index < -0.39 is 11.2 Å². The zero-order chi connectivity index (χ0) is 14.0. The summed E-state index contributed by atoms with van der Waals surface area (Å²) < 4.78 is 15.4. The van der Waals surface area contributed by atoms with Crippen molar-refractivity contribution in [2.75, 3.05) is 5.32 Å². The van der Waals surface area contributed by atoms with Crippen molar-refractivity contribution in [3.05, 3.63) is 56.5 Å². The minimum Gasteiger partial charge on any atom is -0.360 e. The average molecular weight is 264 g/mol. The smallest absolute Gasteiger partial charge is 0.346 e. The van der Waals surface area contributed by atoms with Gasteiger partial charge in [0.15, 0.2) is 0 Å². The molecule has 2 aromatic rings. The van der Waals surface area contributed by atoms with Gasteiger partial charge in [-0.15, -0.1) is 5.10 Å². The molecule has 0 amide bonds. The minimum absolute atomic E-state index is 0.00727. The molecular formula is C12H13FN4O2. The summed E-state index contributed by atoms with van der Waals surface area (Å²) >= 11 is 0. The van der Waals surface area contributed by atoms with E-state index in [1.807, 2.05) is 0 Å². The third kappa shape index (κ3) is 2.54. The minimum atomic E-state index is -0.542. The number of rotatable bonds is 3. The third-order valence-corrected chi connectivity index (χ3v) is 2.73. The molecular weight excluding hydrogens is 251 g/mol. The first kappa shape index (κ1) is 13.0. The molecule has 100 valence electrons. The highest BCUT2D eigenvalue weighted by Gasteiger charge is 2.09. The van der Waals surface area contributed by atoms with Crippen molar-refractivity contribution in [3.8, 4) is 0 Å². The van der Waals surface area contributed by atoms with Crippen molar-refractivity contribution in [1.29, 1.82) is 0 Å². The van der Waals surface area contributed by atoms with Gasteiger partial charge in [0.1, 0.15) is 5.82 Å². The molecule has 0 radical (unpaired) electrons. The van der Waals surface area contributed by atoms with Crippen molar-refractivity contribution in [1.82, 2.24) is 14.3 Å². The predicted octanol–water partition coefficient (Wildman–Crippen LogP) is 0.230. The molecule has 0 spiro atoms. The second-order valence-corrected chi connectivity index (χ2v) is 4.06. The number of nitrogens with zero attached hydrogens (tertiary/aromatic N) is 3. The Kier molecular flexibility index (Phi) is 3.46. The SMILES string of the molecule is Cn1nc(NCc2ccccc2F)c(=O)n(C)c1=O. The van der Waals surface area contributed by atoms with Gasteiger partial charge in [-0.2, -0.15) is 0 Å². The van der Waals surface area contributed by atoms with E-state index in [9.17, 15) is 14.0 Å². The second kappa shape index (κ2) is 5.05. The number of anilines is 1. The lowest BCUT2D eigenvalue weighted by atomic mass is 10.2. The number of hydrogen-bond donors (Lipinski definition) is 1. The number of aromatic nitrogens is 3. The first-order valence-electron chi connectivity index (χ1n) is 5.62. The van der Waals surface area contributed by atoms with Crippen LogP contribution in [0.15, 0.2) is 33.9 Å². The monoisotopic (exact) mass is 264 g/mol. The Balaban J connectivity index is 2.29. The first-order valence-corrected chi connectivity index (χ1v) is 5.62. The van der Waals surface area contributed by atoms with Crippen molar-refractivity contribution in [3.63, 3.8) is 0 Å². The van der Waals surface area contributed by atoms with Gasteiger partial charge in [-0.25, -0.2) is 13.9 Å². The molecule has 0 aliphatic rings. The zero-order valence-corrected chi connectivity index (χ0v) is 10.6. The largest absolute Gasteiger partial charge is 0.360 e. The van der Waals surface area contributed by atoms with Crippen molar-refractivity contribution in [2.24, 2.45) is 14.1 Å². The lowest BCUT2D eigenvalue weighted by molar-refractivity contribution is 0.599. The first-order chi connectivity index (χ1) is 9.00. The van der Waals surface area contributed by atoms with Crippen LogP contribution in [0.5, 0.6) is 0 Å². The molecule has 0 aliphatic carbocycles. The van der Waals surface area contributed by atoms with Crippen LogP contribution in [0, 0.1) is 5.82 Å². The Morgan fingerprint density at radius 2 is 1.95 bits per heavy atom. The molecule has 1 aromatic carbocycles. The third-order valence-electron chi connectivity index (χ3n) is 2.73. The molecule has 0 bridgehead atoms. The van der Waals surface area contributed by atoms with Crippen molar-refractivity contribution < 1.29 is 4.39 Å². The number of hydrogen-bond acceptors (Lipinski definition) is 4. The maximum atomic E-state index is 13.4. The van der Waals surface area contributed by atoms with Crippen LogP contribution in [0.1, 0.15) is 5.56 Å². The molecule has 1 aromatic heterocycles. The second-order valence-electron chi connectivity index (χ2n) is 4.06. The molecule has 0 saturated heterocycles. The van der Waals surface area contributed by atoms with Gasteiger partial charge in [0.25, 0.3) is 5.56 Å². The molecule has 2 rings (SSSR count). The van der Waals surface area contributed by atoms with E-state index in [0.717, 1.165) is 9.25 Å². The van der Waals surface area contributed by atoms with Crippen LogP contribution < -0.4 is 16.6 Å². The summed E-state index contributed by atoms with van der Waals surface area (Å²) in [6, 6.07) is 6.23. The highest BCUT2D eigenvalue weighted by molar-refractivity contribution is 5.32. The van der Waals surface area contributed by atoms with E-state index in [0.29, 0.717) is 5.56 Å². The van der Waals surface area contributed by atoms with Gasteiger partial charge in [-0.05, 0) is 6.07 Å². The molecule has 0 fully saturated rings. The molecule has 6 nitrogen and oxygen atoms in total. The average Bonchev–Trinajstić information content (AvgIpc) is 2.40. The van der Waals surface area contributed by atoms with Gasteiger partial charge in [-0.3, -0.25) is 9.36 Å². The molecule has 0 atom stereocenters. The van der Waals surface area contributed by atoms with E-state index in [1.54, 1.807) is 18.2 Å². The van der Waals surface area contributed by atoms with Crippen LogP contribution in [0.25, 0.3) is 0 Å². The maximum Gasteiger partial charge on any atom is 0.346 e. The van der Waals surface area contributed by atoms with Crippen molar-refractivity contribution >= 4 is 5.82 Å². The molecule has 0 saturated carbocycles. The Hall–Kier alpha value is -2.44. The van der Waals surface area contributed by atoms with E-state index in [-0.39, 0.29) is 18.2 Å². The fourth-order valence-electron chi connectivity index (χ4n) is 1.63. The highest BCUT2D eigenvalue weighted by Crippen LogP contribution is 2.07. The molecule has 0 aliphatic heterocycles. The Morgan fingerprint density at radius 1 is 1.26 bits per heavy atom. The summed E-state index contributed by atoms with van der Waals surface area (Å²) in [5, 5.41) is 6.55. The van der Waals surface area contributed by atoms with Gasteiger partial charge < -0.3 is 5.32 Å². The summed E-state index contributed by atoms with van der Waals surface area (Å²) in [6.45, 7) is 0.118. The van der Waals surface area contributed by atoms with E-state index in [2.05, 4.69) is 10.4 Å². The predicted molar refractivity (Wildman–Crippen MR) is 68.4 cm³/mol. The molecule has 7 heteroatoms. The van der Waals surface area contributed by atoms with Gasteiger partial charge in [0.2, 0.25) is 5.82 Å². The van der Waals surface area contributed by atoms with E-state index in [4.69, 9.17) is 0 Å². The summed E-state index contributed by atoms with van der Waals surface area (Å²) in [5.74, 6) is -0.357. The van der Waals surface area contributed by atoms with Gasteiger partial charge in [-0.1, -0.05) is 18.2 Å². The fourth-order valence-corrected chi connectivity index (χ4v) is 1.63. The van der Waals surface area contributed by atoms with Crippen LogP contribution in [-0.2, 0) is 20.6 Å². The van der Waals surface area contributed by atoms with Gasteiger partial charge in [0, 0.05) is 26.2 Å². The maximum absolute atomic E-state index is 13.4. The molecule has 1 N–H and O–H groups in total. The molecule has 0 unspecified atom stereocenters. The molecule has 1 heterocycles. The topological polar surface area (TPSA) is 68.9 Å². The summed E-state index contributed by atoms with van der Waals surface area (Å²) in [6.07, 6.45) is 0. The van der Waals surface area contributed by atoms with E-state index in [1.165, 1.54) is 20.2 Å². The standard InChI is InChI=1S/C12H13FN4O2/c1-16-11(18)10(15-17(2)12(16)19)14-7-8-5-3-4-6-9(8)13/h3-6H,7H2,1-2H3,(H,14,15). The lowest BCUT2D eigenvalue weighted by Gasteiger charge is -2.08. The Bertz CT molecular complexity index is 720. The highest BCUT2D eigenvalue weighted by atomic mass is 19.1. The summed E-state index contributed by atoms with van der Waals surface area (Å²) in [5.41, 5.74) is -0.638. The van der Waals surface area contributed by atoms with Crippen LogP contribution in [0.3, 0.4) is 0 Å².